The van der Waals surface area contributed by atoms with Crippen molar-refractivity contribution in [2.24, 2.45) is 0 Å². The Morgan fingerprint density at radius 1 is 0.420 bits per heavy atom. The van der Waals surface area contributed by atoms with Crippen molar-refractivity contribution in [1.82, 2.24) is 0 Å². The summed E-state index contributed by atoms with van der Waals surface area (Å²) in [5.74, 6) is 0.722. The van der Waals surface area contributed by atoms with Gasteiger partial charge in [0.2, 0.25) is 0 Å². The number of hydrogen-bond acceptors (Lipinski definition) is 6. The summed E-state index contributed by atoms with van der Waals surface area (Å²) >= 11 is 1.94. The fourth-order valence-electron chi connectivity index (χ4n) is 16.2. The molecule has 15 aromatic rings. The highest BCUT2D eigenvalue weighted by Crippen LogP contribution is 2.76. The predicted molar refractivity (Wildman–Crippen MR) is 431 cm³/mol. The maximum atomic E-state index is 7.36. The van der Waals surface area contributed by atoms with Crippen molar-refractivity contribution in [2.45, 2.75) is 132 Å². The number of fused-ring (bicyclic) bond motifs is 12. The number of nitrogens with zero attached hydrogens (tertiary/aromatic N) is 3. The maximum Gasteiger partial charge on any atom is 0.264 e. The van der Waals surface area contributed by atoms with Crippen LogP contribution in [0.4, 0.5) is 51.2 Å². The normalized spacial score (nSPS) is 13.5. The Kier molecular flexibility index (Phi) is 15.0. The minimum atomic E-state index is -2.27. The van der Waals surface area contributed by atoms with Crippen molar-refractivity contribution >= 4 is 149 Å². The molecule has 494 valence electrons. The van der Waals surface area contributed by atoms with E-state index in [1.807, 2.05) is 11.3 Å². The summed E-state index contributed by atoms with van der Waals surface area (Å²) in [6, 6.07) is 99.5. The van der Waals surface area contributed by atoms with E-state index < -0.39 is 10.0 Å². The first kappa shape index (κ1) is 63.5. The third-order valence-electron chi connectivity index (χ3n) is 21.3. The second kappa shape index (κ2) is 23.6. The Morgan fingerprint density at radius 3 is 1.64 bits per heavy atom. The molecule has 0 radical (unpaired) electrons. The maximum absolute atomic E-state index is 7.36. The van der Waals surface area contributed by atoms with Crippen LogP contribution in [-0.2, 0) is 10.8 Å². The van der Waals surface area contributed by atoms with E-state index in [0.717, 1.165) is 101 Å². The van der Waals surface area contributed by atoms with Crippen LogP contribution in [0.3, 0.4) is 0 Å². The summed E-state index contributed by atoms with van der Waals surface area (Å²) < 4.78 is 16.5. The molecule has 0 fully saturated rings. The number of rotatable bonds is 11. The molecule has 0 bridgehead atoms. The lowest BCUT2D eigenvalue weighted by atomic mass is 9.36. The van der Waals surface area contributed by atoms with Gasteiger partial charge in [-0.2, -0.15) is 10.0 Å². The molecule has 0 saturated heterocycles. The SMILES string of the molecule is CC(C)c1ccc(S(c2ccc(C(C)C)cc2)(c2cc3c4c(c2)N(c2cccc5c2oc2ccccc25)c2cc(N(c5ccc(C(C)(C)C)cc5)c5ccccc5-c5ccccc5)ccc2B4c2sc4ccc(C(C)(C)C)cc4c2N3c2ccc3c(c2)oc2ccccc23)C(C)(C)C)cc1. The van der Waals surface area contributed by atoms with Crippen LogP contribution >= 0.6 is 21.4 Å². The van der Waals surface area contributed by atoms with Crippen LogP contribution in [0, 0.1) is 0 Å². The van der Waals surface area contributed by atoms with Gasteiger partial charge in [0.1, 0.15) is 16.7 Å². The molecule has 0 amide bonds. The van der Waals surface area contributed by atoms with Gasteiger partial charge in [-0.15, -0.1) is 11.3 Å². The number of hydrogen-bond donors (Lipinski definition) is 0. The average Bonchev–Trinajstić information content (AvgIpc) is 1.21. The van der Waals surface area contributed by atoms with Crippen molar-refractivity contribution in [1.29, 1.82) is 0 Å². The molecule has 2 aliphatic heterocycles. The lowest BCUT2D eigenvalue weighted by molar-refractivity contribution is 0.590. The molecule has 100 heavy (non-hydrogen) atoms. The quantitative estimate of drug-likeness (QED) is 0.121. The highest BCUT2D eigenvalue weighted by Gasteiger charge is 2.50. The van der Waals surface area contributed by atoms with E-state index in [9.17, 15) is 0 Å². The van der Waals surface area contributed by atoms with Crippen molar-refractivity contribution in [3.05, 3.63) is 283 Å². The molecule has 0 unspecified atom stereocenters. The van der Waals surface area contributed by atoms with E-state index in [4.69, 9.17) is 8.83 Å². The number of benzene rings is 12. The number of thiophene rings is 1. The molecular formula is C92H84BN3O2S2. The monoisotopic (exact) mass is 1340 g/mol. The second-order valence-corrected chi connectivity index (χ2v) is 36.2. The van der Waals surface area contributed by atoms with Gasteiger partial charge >= 0.3 is 0 Å². The zero-order chi connectivity index (χ0) is 68.9. The van der Waals surface area contributed by atoms with Crippen LogP contribution in [-0.4, -0.2) is 11.5 Å². The van der Waals surface area contributed by atoms with Crippen molar-refractivity contribution in [3.63, 3.8) is 0 Å². The molecule has 0 aliphatic carbocycles. The van der Waals surface area contributed by atoms with Crippen LogP contribution in [0.1, 0.15) is 124 Å². The van der Waals surface area contributed by atoms with Gasteiger partial charge in [0, 0.05) is 91.8 Å². The van der Waals surface area contributed by atoms with Crippen LogP contribution in [0.15, 0.2) is 284 Å². The van der Waals surface area contributed by atoms with Crippen LogP contribution in [0.5, 0.6) is 0 Å². The topological polar surface area (TPSA) is 36.0 Å². The van der Waals surface area contributed by atoms with Crippen LogP contribution in [0.2, 0.25) is 0 Å². The summed E-state index contributed by atoms with van der Waals surface area (Å²) in [4.78, 5) is 11.7. The largest absolute Gasteiger partial charge is 0.456 e. The Balaban J connectivity index is 1.05. The van der Waals surface area contributed by atoms with E-state index in [-0.39, 0.29) is 22.3 Å². The summed E-state index contributed by atoms with van der Waals surface area (Å²) in [6.45, 7) is 30.4. The molecule has 17 rings (SSSR count). The van der Waals surface area contributed by atoms with Crippen LogP contribution < -0.4 is 30.4 Å². The summed E-state index contributed by atoms with van der Waals surface area (Å²) in [6.07, 6.45) is 0. The minimum absolute atomic E-state index is 0.0444. The molecule has 0 spiro atoms. The highest BCUT2D eigenvalue weighted by molar-refractivity contribution is 8.34. The third-order valence-corrected chi connectivity index (χ3v) is 27.2. The fourth-order valence-corrected chi connectivity index (χ4v) is 22.1. The van der Waals surface area contributed by atoms with Gasteiger partial charge in [-0.05, 0) is 180 Å². The van der Waals surface area contributed by atoms with Crippen molar-refractivity contribution < 1.29 is 8.83 Å². The lowest BCUT2D eigenvalue weighted by Crippen LogP contribution is -2.60. The first-order valence-corrected chi connectivity index (χ1v) is 38.0. The molecule has 3 aromatic heterocycles. The molecule has 5 nitrogen and oxygen atoms in total. The molecule has 12 aromatic carbocycles. The van der Waals surface area contributed by atoms with Crippen molar-refractivity contribution in [2.75, 3.05) is 14.7 Å². The zero-order valence-corrected chi connectivity index (χ0v) is 61.2. The summed E-state index contributed by atoms with van der Waals surface area (Å²) in [5, 5.41) is 5.61. The third kappa shape index (κ3) is 10.1. The van der Waals surface area contributed by atoms with E-state index in [2.05, 4.69) is 366 Å². The smallest absolute Gasteiger partial charge is 0.264 e. The number of para-hydroxylation sites is 4. The Bertz CT molecular complexity index is 5650. The van der Waals surface area contributed by atoms with E-state index in [0.29, 0.717) is 11.8 Å². The molecule has 8 heteroatoms. The van der Waals surface area contributed by atoms with E-state index in [1.165, 1.54) is 68.4 Å². The second-order valence-electron chi connectivity index (χ2n) is 31.2. The van der Waals surface area contributed by atoms with Crippen LogP contribution in [0.25, 0.3) is 65.1 Å². The van der Waals surface area contributed by atoms with Gasteiger partial charge in [-0.25, -0.2) is 0 Å². The zero-order valence-electron chi connectivity index (χ0n) is 59.5. The highest BCUT2D eigenvalue weighted by atomic mass is 32.3. The fraction of sp³-hybridized carbons (Fsp3) is 0.196. The lowest BCUT2D eigenvalue weighted by Gasteiger charge is -2.53. The minimum Gasteiger partial charge on any atom is -0.456 e. The van der Waals surface area contributed by atoms with E-state index >= 15 is 0 Å². The standard InChI is InChI=1S/C92H84BN3O2S2/c1-57(2)59-34-45-67(46-35-59)100(92(11,12)13,68-47-36-60(37-48-68)58(3)4)69-55-80-86-81(56-69)96(78-31-23-29-74-72-28-19-22-33-83(72)98-88(74)78)79-53-65(94(64-41-38-62(39-42-64)90(5,6)7)77-30-20-17-26-70(77)61-24-15-14-16-25-61)44-50-76(79)93(86)89-87(75-52-63(91(8,9)10)40-51-85(75)99-89)95(80)66-43-49-73-71-27-18-21-32-82(71)97-84(73)54-66/h14-58H,1-13H3. The Hall–Kier alpha value is -9.99. The van der Waals surface area contributed by atoms with Crippen molar-refractivity contribution in [3.8, 4) is 11.1 Å². The van der Waals surface area contributed by atoms with Gasteiger partial charge in [-0.1, -0.05) is 236 Å². The summed E-state index contributed by atoms with van der Waals surface area (Å²) in [7, 11) is -2.27. The van der Waals surface area contributed by atoms with Gasteiger partial charge < -0.3 is 23.5 Å². The molecule has 0 N–H and O–H groups in total. The van der Waals surface area contributed by atoms with Gasteiger partial charge in [0.15, 0.2) is 5.58 Å². The first-order valence-electron chi connectivity index (χ1n) is 35.5. The predicted octanol–water partition coefficient (Wildman–Crippen LogP) is 25.8. The van der Waals surface area contributed by atoms with Gasteiger partial charge in [-0.3, -0.25) is 0 Å². The molecule has 0 saturated carbocycles. The number of furan rings is 2. The molecule has 0 atom stereocenters. The molecular weight excluding hydrogens is 1250 g/mol. The first-order chi connectivity index (χ1) is 48.1. The Morgan fingerprint density at radius 2 is 0.990 bits per heavy atom. The van der Waals surface area contributed by atoms with Gasteiger partial charge in [0.25, 0.3) is 6.71 Å². The van der Waals surface area contributed by atoms with E-state index in [1.54, 1.807) is 0 Å². The molecule has 2 aliphatic rings. The molecule has 5 heterocycles. The Labute approximate surface area is 594 Å². The average molecular weight is 1340 g/mol. The summed E-state index contributed by atoms with van der Waals surface area (Å²) in [5.41, 5.74) is 23.0. The van der Waals surface area contributed by atoms with Gasteiger partial charge in [0.05, 0.1) is 17.1 Å². The number of anilines is 9.